The Labute approximate surface area is 171 Å². The maximum Gasteiger partial charge on any atom is 0.202 e. The second-order valence-electron chi connectivity index (χ2n) is 9.03. The van der Waals surface area contributed by atoms with Crippen LogP contribution in [-0.2, 0) is 0 Å². The SMILES string of the molecule is CCCCCCCCCCCCC[N+](C)(CCCCCCCC)CC(O)O. The van der Waals surface area contributed by atoms with Gasteiger partial charge in [0, 0.05) is 0 Å². The van der Waals surface area contributed by atoms with Crippen molar-refractivity contribution in [2.24, 2.45) is 0 Å². The van der Waals surface area contributed by atoms with Gasteiger partial charge in [-0.1, -0.05) is 97.3 Å². The van der Waals surface area contributed by atoms with Gasteiger partial charge in [0.15, 0.2) is 0 Å². The van der Waals surface area contributed by atoms with Crippen molar-refractivity contribution in [2.75, 3.05) is 26.7 Å². The highest BCUT2D eigenvalue weighted by Crippen LogP contribution is 2.15. The molecule has 0 heterocycles. The Morgan fingerprint density at radius 2 is 0.815 bits per heavy atom. The molecule has 0 rings (SSSR count). The molecule has 0 aromatic rings. The molecule has 0 aromatic heterocycles. The van der Waals surface area contributed by atoms with Crippen LogP contribution in [0.5, 0.6) is 0 Å². The molecule has 27 heavy (non-hydrogen) atoms. The minimum absolute atomic E-state index is 0.479. The van der Waals surface area contributed by atoms with E-state index in [9.17, 15) is 10.2 Å². The summed E-state index contributed by atoms with van der Waals surface area (Å²) in [6.45, 7) is 7.18. The van der Waals surface area contributed by atoms with Crippen LogP contribution in [0.2, 0.25) is 0 Å². The molecule has 0 bridgehead atoms. The molecular formula is C24H52NO2+. The first-order valence-corrected chi connectivity index (χ1v) is 12.2. The van der Waals surface area contributed by atoms with Crippen LogP contribution in [-0.4, -0.2) is 47.7 Å². The van der Waals surface area contributed by atoms with E-state index >= 15 is 0 Å². The van der Waals surface area contributed by atoms with Crippen LogP contribution in [0.15, 0.2) is 0 Å². The fourth-order valence-electron chi connectivity index (χ4n) is 4.12. The predicted molar refractivity (Wildman–Crippen MR) is 119 cm³/mol. The molecule has 3 nitrogen and oxygen atoms in total. The van der Waals surface area contributed by atoms with E-state index in [0.29, 0.717) is 6.54 Å². The zero-order chi connectivity index (χ0) is 20.2. The van der Waals surface area contributed by atoms with E-state index in [1.54, 1.807) is 0 Å². The van der Waals surface area contributed by atoms with Crippen LogP contribution >= 0.6 is 0 Å². The average Bonchev–Trinajstić information content (AvgIpc) is 2.62. The Bertz CT molecular complexity index is 296. The van der Waals surface area contributed by atoms with Gasteiger partial charge in [0.2, 0.25) is 6.29 Å². The summed E-state index contributed by atoms with van der Waals surface area (Å²) in [4.78, 5) is 0. The van der Waals surface area contributed by atoms with E-state index in [1.807, 2.05) is 0 Å². The first kappa shape index (κ1) is 26.9. The summed E-state index contributed by atoms with van der Waals surface area (Å²) >= 11 is 0. The summed E-state index contributed by atoms with van der Waals surface area (Å²) in [6, 6.07) is 0. The summed E-state index contributed by atoms with van der Waals surface area (Å²) < 4.78 is 0.822. The highest BCUT2D eigenvalue weighted by molar-refractivity contribution is 4.51. The lowest BCUT2D eigenvalue weighted by atomic mass is 10.1. The van der Waals surface area contributed by atoms with Crippen molar-refractivity contribution < 1.29 is 14.7 Å². The van der Waals surface area contributed by atoms with Gasteiger partial charge in [0.05, 0.1) is 20.1 Å². The summed E-state index contributed by atoms with van der Waals surface area (Å²) in [5, 5.41) is 19.0. The Morgan fingerprint density at radius 3 is 1.11 bits per heavy atom. The summed E-state index contributed by atoms with van der Waals surface area (Å²) in [6.07, 6.45) is 21.7. The van der Waals surface area contributed by atoms with E-state index in [-0.39, 0.29) is 0 Å². The van der Waals surface area contributed by atoms with Crippen LogP contribution in [0.3, 0.4) is 0 Å². The van der Waals surface area contributed by atoms with E-state index in [2.05, 4.69) is 20.9 Å². The molecule has 0 spiro atoms. The summed E-state index contributed by atoms with van der Waals surface area (Å²) in [5.74, 6) is 0. The fraction of sp³-hybridized carbons (Fsp3) is 1.00. The van der Waals surface area contributed by atoms with Gasteiger partial charge >= 0.3 is 0 Å². The van der Waals surface area contributed by atoms with Gasteiger partial charge in [-0.2, -0.15) is 0 Å². The first-order chi connectivity index (χ1) is 13.0. The Morgan fingerprint density at radius 1 is 0.519 bits per heavy atom. The Hall–Kier alpha value is -0.120. The van der Waals surface area contributed by atoms with Gasteiger partial charge in [0.1, 0.15) is 6.54 Å². The molecule has 0 aliphatic carbocycles. The molecule has 0 saturated carbocycles. The van der Waals surface area contributed by atoms with Crippen LogP contribution in [0, 0.1) is 0 Å². The number of rotatable bonds is 21. The largest absolute Gasteiger partial charge is 0.364 e. The van der Waals surface area contributed by atoms with E-state index in [1.165, 1.54) is 109 Å². The van der Waals surface area contributed by atoms with Crippen molar-refractivity contribution in [2.45, 2.75) is 129 Å². The second kappa shape index (κ2) is 19.2. The van der Waals surface area contributed by atoms with Crippen LogP contribution in [0.4, 0.5) is 0 Å². The Balaban J connectivity index is 3.74. The van der Waals surface area contributed by atoms with Crippen molar-refractivity contribution >= 4 is 0 Å². The van der Waals surface area contributed by atoms with Crippen LogP contribution in [0.1, 0.15) is 123 Å². The number of hydrogen-bond donors (Lipinski definition) is 2. The summed E-state index contributed by atoms with van der Waals surface area (Å²) in [5.41, 5.74) is 0. The third kappa shape index (κ3) is 19.0. The summed E-state index contributed by atoms with van der Waals surface area (Å²) in [7, 11) is 2.21. The van der Waals surface area contributed by atoms with Crippen molar-refractivity contribution in [3.63, 3.8) is 0 Å². The van der Waals surface area contributed by atoms with Gasteiger partial charge in [-0.25, -0.2) is 0 Å². The number of aliphatic hydroxyl groups excluding tert-OH is 1. The molecule has 0 aliphatic heterocycles. The van der Waals surface area contributed by atoms with Gasteiger partial charge in [-0.05, 0) is 25.7 Å². The zero-order valence-electron chi connectivity index (χ0n) is 19.1. The van der Waals surface area contributed by atoms with E-state index in [4.69, 9.17) is 0 Å². The highest BCUT2D eigenvalue weighted by Gasteiger charge is 2.23. The molecule has 3 heteroatoms. The minimum Gasteiger partial charge on any atom is -0.364 e. The van der Waals surface area contributed by atoms with Gasteiger partial charge in [-0.15, -0.1) is 0 Å². The van der Waals surface area contributed by atoms with Crippen LogP contribution < -0.4 is 0 Å². The van der Waals surface area contributed by atoms with Crippen LogP contribution in [0.25, 0.3) is 0 Å². The number of hydrogen-bond acceptors (Lipinski definition) is 2. The topological polar surface area (TPSA) is 40.5 Å². The number of aliphatic hydroxyl groups is 2. The molecule has 0 saturated heterocycles. The lowest BCUT2D eigenvalue weighted by Crippen LogP contribution is -2.50. The lowest BCUT2D eigenvalue weighted by Gasteiger charge is -2.35. The zero-order valence-corrected chi connectivity index (χ0v) is 19.1. The maximum absolute atomic E-state index is 9.48. The Kier molecular flexibility index (Phi) is 19.1. The number of nitrogens with zero attached hydrogens (tertiary/aromatic N) is 1. The quantitative estimate of drug-likeness (QED) is 0.136. The van der Waals surface area contributed by atoms with Gasteiger partial charge in [0.25, 0.3) is 0 Å². The average molecular weight is 387 g/mol. The predicted octanol–water partition coefficient (Wildman–Crippen LogP) is 6.42. The minimum atomic E-state index is -1.18. The smallest absolute Gasteiger partial charge is 0.202 e. The molecule has 1 atom stereocenters. The number of unbranched alkanes of at least 4 members (excludes halogenated alkanes) is 15. The molecule has 0 aliphatic rings. The third-order valence-electron chi connectivity index (χ3n) is 5.96. The number of likely N-dealkylation sites (N-methyl/N-ethyl adjacent to an activating group) is 1. The third-order valence-corrected chi connectivity index (χ3v) is 5.96. The van der Waals surface area contributed by atoms with Crippen molar-refractivity contribution in [1.82, 2.24) is 0 Å². The van der Waals surface area contributed by atoms with Crippen molar-refractivity contribution in [3.05, 3.63) is 0 Å². The van der Waals surface area contributed by atoms with Gasteiger partial charge in [-0.3, -0.25) is 0 Å². The molecule has 2 N–H and O–H groups in total. The normalized spacial score (nSPS) is 14.0. The molecule has 1 unspecified atom stereocenters. The van der Waals surface area contributed by atoms with Crippen molar-refractivity contribution in [3.8, 4) is 0 Å². The molecule has 0 aromatic carbocycles. The standard InChI is InChI=1S/C24H52NO2/c1-4-6-8-10-12-13-14-15-16-18-20-22-25(3,23-24(26)27)21-19-17-11-9-7-5-2/h24,26-27H,4-23H2,1-3H3/q+1. The lowest BCUT2D eigenvalue weighted by molar-refractivity contribution is -0.915. The fourth-order valence-corrected chi connectivity index (χ4v) is 4.12. The second-order valence-corrected chi connectivity index (χ2v) is 9.03. The molecule has 0 radical (unpaired) electrons. The van der Waals surface area contributed by atoms with Gasteiger partial charge < -0.3 is 14.7 Å². The van der Waals surface area contributed by atoms with E-state index in [0.717, 1.165) is 17.6 Å². The highest BCUT2D eigenvalue weighted by atomic mass is 16.5. The van der Waals surface area contributed by atoms with E-state index < -0.39 is 6.29 Å². The van der Waals surface area contributed by atoms with Crippen molar-refractivity contribution in [1.29, 1.82) is 0 Å². The first-order valence-electron chi connectivity index (χ1n) is 12.2. The maximum atomic E-state index is 9.48. The molecule has 0 fully saturated rings. The number of quaternary nitrogens is 1. The monoisotopic (exact) mass is 386 g/mol. The molecule has 0 amide bonds. The molecule has 164 valence electrons. The molecular weight excluding hydrogens is 334 g/mol.